The van der Waals surface area contributed by atoms with Crippen molar-refractivity contribution in [2.75, 3.05) is 13.2 Å². The van der Waals surface area contributed by atoms with E-state index in [0.717, 1.165) is 18.3 Å². The van der Waals surface area contributed by atoms with Crippen molar-refractivity contribution >= 4 is 12.4 Å². The number of carbonyl (C=O) groups is 2. The monoisotopic (exact) mass is 287 g/mol. The van der Waals surface area contributed by atoms with Crippen molar-refractivity contribution < 1.29 is 14.3 Å². The topological polar surface area (TPSA) is 46.6 Å². The Balaban J connectivity index is 2.33. The summed E-state index contributed by atoms with van der Waals surface area (Å²) in [5, 5.41) is 0. The van der Waals surface area contributed by atoms with Crippen LogP contribution in [-0.2, 0) is 16.0 Å². The minimum Gasteiger partial charge on any atom is -0.445 e. The number of rotatable bonds is 4. The lowest BCUT2D eigenvalue weighted by Gasteiger charge is -2.36. The van der Waals surface area contributed by atoms with Crippen LogP contribution in [0.1, 0.15) is 34.7 Å². The number of aryl methyl sites for hydroxylation is 2. The van der Waals surface area contributed by atoms with Crippen molar-refractivity contribution in [1.29, 1.82) is 0 Å². The van der Waals surface area contributed by atoms with Gasteiger partial charge in [0, 0.05) is 13.0 Å². The summed E-state index contributed by atoms with van der Waals surface area (Å²) in [5.41, 5.74) is 4.69. The fourth-order valence-electron chi connectivity index (χ4n) is 2.77. The second-order valence-corrected chi connectivity index (χ2v) is 5.36. The maximum absolute atomic E-state index is 12.1. The first-order valence-corrected chi connectivity index (χ1v) is 7.16. The predicted molar refractivity (Wildman–Crippen MR) is 81.3 cm³/mol. The predicted octanol–water partition coefficient (Wildman–Crippen LogP) is 3.11. The van der Waals surface area contributed by atoms with Crippen LogP contribution in [0, 0.1) is 13.8 Å². The summed E-state index contributed by atoms with van der Waals surface area (Å²) in [7, 11) is 0. The Bertz CT molecular complexity index is 565. The van der Waals surface area contributed by atoms with Gasteiger partial charge in [-0.05, 0) is 42.5 Å². The van der Waals surface area contributed by atoms with Crippen molar-refractivity contribution in [3.8, 4) is 0 Å². The molecule has 0 N–H and O–H groups in total. The molecule has 0 spiro atoms. The molecule has 1 amide bonds. The van der Waals surface area contributed by atoms with Gasteiger partial charge in [0.2, 0.25) is 0 Å². The van der Waals surface area contributed by atoms with Crippen LogP contribution in [0.25, 0.3) is 0 Å². The van der Waals surface area contributed by atoms with Gasteiger partial charge < -0.3 is 14.4 Å². The fraction of sp³-hybridized carbons (Fsp3) is 0.412. The van der Waals surface area contributed by atoms with E-state index in [-0.39, 0.29) is 18.7 Å². The minimum atomic E-state index is -0.384. The Morgan fingerprint density at radius 2 is 2.14 bits per heavy atom. The molecule has 4 heteroatoms. The molecule has 0 saturated heterocycles. The summed E-state index contributed by atoms with van der Waals surface area (Å²) in [6, 6.07) is 4.02. The number of amides is 1. The molecule has 0 bridgehead atoms. The van der Waals surface area contributed by atoms with Gasteiger partial charge in [-0.3, -0.25) is 0 Å². The van der Waals surface area contributed by atoms with E-state index in [1.165, 1.54) is 22.8 Å². The van der Waals surface area contributed by atoms with Crippen molar-refractivity contribution in [3.05, 3.63) is 47.0 Å². The van der Waals surface area contributed by atoms with Crippen LogP contribution in [0.4, 0.5) is 4.79 Å². The lowest BCUT2D eigenvalue weighted by molar-refractivity contribution is -0.108. The Hall–Kier alpha value is -2.10. The second kappa shape index (κ2) is 6.57. The van der Waals surface area contributed by atoms with Crippen molar-refractivity contribution in [1.82, 2.24) is 4.90 Å². The van der Waals surface area contributed by atoms with Gasteiger partial charge in [0.15, 0.2) is 0 Å². The summed E-state index contributed by atoms with van der Waals surface area (Å²) in [6.45, 7) is 8.42. The molecule has 1 aromatic rings. The van der Waals surface area contributed by atoms with Gasteiger partial charge in [-0.2, -0.15) is 0 Å². The van der Waals surface area contributed by atoms with E-state index >= 15 is 0 Å². The van der Waals surface area contributed by atoms with Gasteiger partial charge in [-0.25, -0.2) is 4.79 Å². The van der Waals surface area contributed by atoms with E-state index in [4.69, 9.17) is 4.74 Å². The average Bonchev–Trinajstić information content (AvgIpc) is 2.47. The molecule has 0 radical (unpaired) electrons. The molecule has 0 fully saturated rings. The number of ether oxygens (including phenoxy) is 1. The Morgan fingerprint density at radius 1 is 1.43 bits per heavy atom. The summed E-state index contributed by atoms with van der Waals surface area (Å²) in [6.07, 6.45) is 3.10. The third-order valence-electron chi connectivity index (χ3n) is 3.99. The van der Waals surface area contributed by atoms with Crippen LogP contribution in [0.3, 0.4) is 0 Å². The number of nitrogens with zero attached hydrogens (tertiary/aromatic N) is 1. The standard InChI is InChI=1S/C17H21NO3/c1-4-9-21-17(20)18-7-5-14-10-12(2)13(3)11-15(14)16(18)6-8-19/h4,8,10-11,16H,1,5-7,9H2,2-3H3/t16-/m1/s1. The molecule has 1 aromatic carbocycles. The third-order valence-corrected chi connectivity index (χ3v) is 3.99. The minimum absolute atomic E-state index is 0.183. The van der Waals surface area contributed by atoms with Crippen LogP contribution in [0.5, 0.6) is 0 Å². The molecule has 4 nitrogen and oxygen atoms in total. The zero-order chi connectivity index (χ0) is 15.4. The smallest absolute Gasteiger partial charge is 0.410 e. The lowest BCUT2D eigenvalue weighted by atomic mass is 9.88. The third kappa shape index (κ3) is 3.15. The molecule has 1 aliphatic rings. The highest BCUT2D eigenvalue weighted by Crippen LogP contribution is 2.33. The zero-order valence-corrected chi connectivity index (χ0v) is 12.6. The van der Waals surface area contributed by atoms with Gasteiger partial charge in [-0.15, -0.1) is 0 Å². The van der Waals surface area contributed by atoms with Gasteiger partial charge in [-0.1, -0.05) is 24.8 Å². The number of hydrogen-bond acceptors (Lipinski definition) is 3. The molecule has 1 atom stereocenters. The largest absolute Gasteiger partial charge is 0.445 e. The first kappa shape index (κ1) is 15.3. The van der Waals surface area contributed by atoms with E-state index in [2.05, 4.69) is 25.6 Å². The number of carbonyl (C=O) groups excluding carboxylic acids is 2. The maximum atomic E-state index is 12.1. The molecule has 21 heavy (non-hydrogen) atoms. The van der Waals surface area contributed by atoms with Crippen LogP contribution in [0.15, 0.2) is 24.8 Å². The van der Waals surface area contributed by atoms with Crippen molar-refractivity contribution in [2.45, 2.75) is 32.7 Å². The van der Waals surface area contributed by atoms with Gasteiger partial charge in [0.1, 0.15) is 12.9 Å². The van der Waals surface area contributed by atoms with Gasteiger partial charge in [0.25, 0.3) is 0 Å². The second-order valence-electron chi connectivity index (χ2n) is 5.36. The molecular formula is C17H21NO3. The highest BCUT2D eigenvalue weighted by Gasteiger charge is 2.31. The average molecular weight is 287 g/mol. The van der Waals surface area contributed by atoms with Gasteiger partial charge in [0.05, 0.1) is 6.04 Å². The molecule has 1 heterocycles. The van der Waals surface area contributed by atoms with Gasteiger partial charge >= 0.3 is 6.09 Å². The Labute approximate surface area is 125 Å². The van der Waals surface area contributed by atoms with E-state index in [0.29, 0.717) is 13.0 Å². The summed E-state index contributed by atoms with van der Waals surface area (Å²) in [4.78, 5) is 24.8. The summed E-state index contributed by atoms with van der Waals surface area (Å²) < 4.78 is 5.13. The Kier molecular flexibility index (Phi) is 4.78. The van der Waals surface area contributed by atoms with Crippen LogP contribution >= 0.6 is 0 Å². The molecular weight excluding hydrogens is 266 g/mol. The molecule has 0 aromatic heterocycles. The van der Waals surface area contributed by atoms with E-state index in [1.54, 1.807) is 4.90 Å². The van der Waals surface area contributed by atoms with Crippen molar-refractivity contribution in [3.63, 3.8) is 0 Å². The van der Waals surface area contributed by atoms with Crippen LogP contribution in [-0.4, -0.2) is 30.4 Å². The first-order chi connectivity index (χ1) is 10.1. The quantitative estimate of drug-likeness (QED) is 0.631. The summed E-state index contributed by atoms with van der Waals surface area (Å²) >= 11 is 0. The number of benzene rings is 1. The zero-order valence-electron chi connectivity index (χ0n) is 12.6. The molecule has 0 aliphatic carbocycles. The summed E-state index contributed by atoms with van der Waals surface area (Å²) in [5.74, 6) is 0. The normalized spacial score (nSPS) is 17.0. The van der Waals surface area contributed by atoms with Crippen molar-refractivity contribution in [2.24, 2.45) is 0 Å². The Morgan fingerprint density at radius 3 is 2.81 bits per heavy atom. The van der Waals surface area contributed by atoms with Crippen LogP contribution < -0.4 is 0 Å². The number of hydrogen-bond donors (Lipinski definition) is 0. The van der Waals surface area contributed by atoms with Crippen LogP contribution in [0.2, 0.25) is 0 Å². The molecule has 112 valence electrons. The first-order valence-electron chi connectivity index (χ1n) is 7.16. The number of fused-ring (bicyclic) bond motifs is 1. The lowest BCUT2D eigenvalue weighted by Crippen LogP contribution is -2.40. The SMILES string of the molecule is C=CCOC(=O)N1CCc2cc(C)c(C)cc2[C@H]1CC=O. The fourth-order valence-corrected chi connectivity index (χ4v) is 2.77. The van der Waals surface area contributed by atoms with E-state index in [9.17, 15) is 9.59 Å². The molecule has 0 saturated carbocycles. The van der Waals surface area contributed by atoms with E-state index < -0.39 is 0 Å². The highest BCUT2D eigenvalue weighted by atomic mass is 16.6. The number of aldehydes is 1. The molecule has 1 aliphatic heterocycles. The van der Waals surface area contributed by atoms with E-state index in [1.807, 2.05) is 6.92 Å². The molecule has 2 rings (SSSR count). The maximum Gasteiger partial charge on any atom is 0.410 e. The highest BCUT2D eigenvalue weighted by molar-refractivity contribution is 5.70. The molecule has 0 unspecified atom stereocenters.